The van der Waals surface area contributed by atoms with Crippen molar-refractivity contribution < 1.29 is 9.18 Å². The van der Waals surface area contributed by atoms with Gasteiger partial charge < -0.3 is 5.32 Å². The molecule has 0 aromatic heterocycles. The number of benzene rings is 2. The lowest BCUT2D eigenvalue weighted by Crippen LogP contribution is -2.30. The van der Waals surface area contributed by atoms with E-state index in [1.165, 1.54) is 18.9 Å². The van der Waals surface area contributed by atoms with Gasteiger partial charge in [-0.15, -0.1) is 0 Å². The van der Waals surface area contributed by atoms with Crippen LogP contribution in [0.3, 0.4) is 0 Å². The Bertz CT molecular complexity index is 682. The van der Waals surface area contributed by atoms with Crippen LogP contribution in [0.25, 0.3) is 10.8 Å². The summed E-state index contributed by atoms with van der Waals surface area (Å²) in [6.07, 6.45) is 3.42. The molecule has 1 fully saturated rings. The summed E-state index contributed by atoms with van der Waals surface area (Å²) in [5.41, 5.74) is 0.816. The van der Waals surface area contributed by atoms with Gasteiger partial charge in [-0.05, 0) is 42.2 Å². The maximum absolute atomic E-state index is 13.8. The van der Waals surface area contributed by atoms with E-state index in [4.69, 9.17) is 0 Å². The summed E-state index contributed by atoms with van der Waals surface area (Å²) < 4.78 is 13.8. The minimum atomic E-state index is -0.292. The lowest BCUT2D eigenvalue weighted by atomic mass is 10.0. The van der Waals surface area contributed by atoms with Crippen molar-refractivity contribution in [1.29, 1.82) is 0 Å². The highest BCUT2D eigenvalue weighted by Gasteiger charge is 2.41. The quantitative estimate of drug-likeness (QED) is 0.802. The Hall–Kier alpha value is -1.42. The molecule has 1 amide bonds. The van der Waals surface area contributed by atoms with E-state index in [0.717, 1.165) is 11.8 Å². The highest BCUT2D eigenvalue weighted by Crippen LogP contribution is 2.48. The molecule has 0 atom stereocenters. The van der Waals surface area contributed by atoms with Gasteiger partial charge in [0, 0.05) is 22.8 Å². The number of amides is 1. The molecular weight excluding hydrogens is 333 g/mol. The van der Waals surface area contributed by atoms with Crippen LogP contribution in [-0.4, -0.2) is 17.8 Å². The number of halogens is 2. The molecule has 0 saturated heterocycles. The molecule has 0 aliphatic heterocycles. The van der Waals surface area contributed by atoms with Crippen molar-refractivity contribution in [1.82, 2.24) is 5.32 Å². The molecule has 0 heterocycles. The Morgan fingerprint density at radius 2 is 1.90 bits per heavy atom. The van der Waals surface area contributed by atoms with E-state index >= 15 is 0 Å². The molecule has 1 aliphatic rings. The van der Waals surface area contributed by atoms with E-state index in [-0.39, 0.29) is 17.1 Å². The Balaban J connectivity index is 1.81. The minimum absolute atomic E-state index is 0.118. The van der Waals surface area contributed by atoms with Gasteiger partial charge in [0.2, 0.25) is 0 Å². The van der Waals surface area contributed by atoms with E-state index in [2.05, 4.69) is 21.2 Å². The zero-order chi connectivity index (χ0) is 14.9. The third-order valence-electron chi connectivity index (χ3n) is 4.32. The summed E-state index contributed by atoms with van der Waals surface area (Å²) in [6, 6.07) is 10.0. The van der Waals surface area contributed by atoms with E-state index in [9.17, 15) is 9.18 Å². The fraction of sp³-hybridized carbons (Fsp3) is 0.353. The number of rotatable bonds is 5. The SMILES string of the molecule is O=C(NCC1(CCBr)CC1)c1ccc(F)c2ccccc12. The highest BCUT2D eigenvalue weighted by atomic mass is 79.9. The van der Waals surface area contributed by atoms with Crippen molar-refractivity contribution in [2.45, 2.75) is 19.3 Å². The lowest BCUT2D eigenvalue weighted by molar-refractivity contribution is 0.0946. The molecule has 0 radical (unpaired) electrons. The first-order chi connectivity index (χ1) is 10.2. The molecule has 3 rings (SSSR count). The van der Waals surface area contributed by atoms with Crippen LogP contribution in [0.5, 0.6) is 0 Å². The first kappa shape index (κ1) is 14.5. The summed E-state index contributed by atoms with van der Waals surface area (Å²) in [5, 5.41) is 5.14. The first-order valence-corrected chi connectivity index (χ1v) is 8.29. The van der Waals surface area contributed by atoms with Crippen LogP contribution in [-0.2, 0) is 0 Å². The minimum Gasteiger partial charge on any atom is -0.351 e. The zero-order valence-electron chi connectivity index (χ0n) is 11.7. The normalized spacial score (nSPS) is 15.9. The molecule has 21 heavy (non-hydrogen) atoms. The van der Waals surface area contributed by atoms with Crippen molar-refractivity contribution in [3.63, 3.8) is 0 Å². The summed E-state index contributed by atoms with van der Waals surface area (Å²) in [4.78, 5) is 12.4. The smallest absolute Gasteiger partial charge is 0.251 e. The summed E-state index contributed by atoms with van der Waals surface area (Å²) in [5.74, 6) is -0.410. The van der Waals surface area contributed by atoms with Crippen molar-refractivity contribution >= 4 is 32.6 Å². The first-order valence-electron chi connectivity index (χ1n) is 7.17. The number of fused-ring (bicyclic) bond motifs is 1. The van der Waals surface area contributed by atoms with Crippen LogP contribution < -0.4 is 5.32 Å². The fourth-order valence-corrected chi connectivity index (χ4v) is 3.56. The van der Waals surface area contributed by atoms with Crippen LogP contribution in [0.2, 0.25) is 0 Å². The summed E-state index contributed by atoms with van der Waals surface area (Å²) >= 11 is 3.46. The van der Waals surface area contributed by atoms with Crippen LogP contribution in [0.4, 0.5) is 4.39 Å². The van der Waals surface area contributed by atoms with E-state index in [0.29, 0.717) is 22.9 Å². The molecule has 0 bridgehead atoms. The topological polar surface area (TPSA) is 29.1 Å². The Labute approximate surface area is 131 Å². The number of hydrogen-bond acceptors (Lipinski definition) is 1. The molecule has 0 unspecified atom stereocenters. The van der Waals surface area contributed by atoms with Gasteiger partial charge in [-0.2, -0.15) is 0 Å². The van der Waals surface area contributed by atoms with Gasteiger partial charge in [0.05, 0.1) is 0 Å². The second-order valence-electron chi connectivity index (χ2n) is 5.76. The third-order valence-corrected chi connectivity index (χ3v) is 4.72. The van der Waals surface area contributed by atoms with Gasteiger partial charge in [0.25, 0.3) is 5.91 Å². The average Bonchev–Trinajstić information content (AvgIpc) is 3.26. The lowest BCUT2D eigenvalue weighted by Gasteiger charge is -2.15. The van der Waals surface area contributed by atoms with E-state index in [1.807, 2.05) is 6.07 Å². The second kappa shape index (κ2) is 5.76. The Morgan fingerprint density at radius 1 is 1.19 bits per heavy atom. The molecule has 0 spiro atoms. The molecule has 110 valence electrons. The van der Waals surface area contributed by atoms with E-state index < -0.39 is 0 Å². The number of hydrogen-bond donors (Lipinski definition) is 1. The predicted octanol–water partition coefficient (Wildman–Crippen LogP) is 4.27. The maximum Gasteiger partial charge on any atom is 0.251 e. The molecule has 2 aromatic rings. The highest BCUT2D eigenvalue weighted by molar-refractivity contribution is 9.09. The Kier molecular flexibility index (Phi) is 3.98. The van der Waals surface area contributed by atoms with Gasteiger partial charge in [-0.1, -0.05) is 40.2 Å². The molecule has 2 aromatic carbocycles. The van der Waals surface area contributed by atoms with Crippen LogP contribution in [0.15, 0.2) is 36.4 Å². The molecule has 1 N–H and O–H groups in total. The zero-order valence-corrected chi connectivity index (χ0v) is 13.2. The fourth-order valence-electron chi connectivity index (χ4n) is 2.72. The molecule has 4 heteroatoms. The number of carbonyl (C=O) groups is 1. The number of alkyl halides is 1. The average molecular weight is 350 g/mol. The molecular formula is C17H17BrFNO. The second-order valence-corrected chi connectivity index (χ2v) is 6.56. The van der Waals surface area contributed by atoms with Crippen molar-refractivity contribution in [3.05, 3.63) is 47.8 Å². The van der Waals surface area contributed by atoms with Gasteiger partial charge in [0.1, 0.15) is 5.82 Å². The summed E-state index contributed by atoms with van der Waals surface area (Å²) in [7, 11) is 0. The third kappa shape index (κ3) is 2.95. The van der Waals surface area contributed by atoms with Gasteiger partial charge in [-0.25, -0.2) is 4.39 Å². The number of nitrogens with one attached hydrogen (secondary N) is 1. The standard InChI is InChI=1S/C17H17BrFNO/c18-10-9-17(7-8-17)11-20-16(21)14-5-6-15(19)13-4-2-1-3-12(13)14/h1-6H,7-11H2,(H,20,21). The van der Waals surface area contributed by atoms with Crippen molar-refractivity contribution in [3.8, 4) is 0 Å². The largest absolute Gasteiger partial charge is 0.351 e. The van der Waals surface area contributed by atoms with Crippen molar-refractivity contribution in [2.24, 2.45) is 5.41 Å². The maximum atomic E-state index is 13.8. The predicted molar refractivity (Wildman–Crippen MR) is 86.3 cm³/mol. The molecule has 1 saturated carbocycles. The van der Waals surface area contributed by atoms with Crippen molar-refractivity contribution in [2.75, 3.05) is 11.9 Å². The Morgan fingerprint density at radius 3 is 2.57 bits per heavy atom. The van der Waals surface area contributed by atoms with Crippen LogP contribution in [0.1, 0.15) is 29.6 Å². The molecule has 1 aliphatic carbocycles. The van der Waals surface area contributed by atoms with E-state index in [1.54, 1.807) is 24.3 Å². The number of carbonyl (C=O) groups excluding carboxylic acids is 1. The van der Waals surface area contributed by atoms with Gasteiger partial charge in [-0.3, -0.25) is 4.79 Å². The summed E-state index contributed by atoms with van der Waals surface area (Å²) in [6.45, 7) is 0.698. The van der Waals surface area contributed by atoms with Crippen LogP contribution in [0, 0.1) is 11.2 Å². The van der Waals surface area contributed by atoms with Crippen LogP contribution >= 0.6 is 15.9 Å². The molecule has 2 nitrogen and oxygen atoms in total. The monoisotopic (exact) mass is 349 g/mol. The van der Waals surface area contributed by atoms with Gasteiger partial charge >= 0.3 is 0 Å². The van der Waals surface area contributed by atoms with Gasteiger partial charge in [0.15, 0.2) is 0 Å².